The minimum Gasteiger partial charge on any atom is -0.394 e. The Bertz CT molecular complexity index is 453. The first-order valence-electron chi connectivity index (χ1n) is 5.73. The van der Waals surface area contributed by atoms with E-state index in [0.717, 1.165) is 5.69 Å². The normalized spacial score (nSPS) is 19.9. The van der Waals surface area contributed by atoms with Crippen LogP contribution in [0.3, 0.4) is 0 Å². The van der Waals surface area contributed by atoms with Gasteiger partial charge in [-0.2, -0.15) is 0 Å². The van der Waals surface area contributed by atoms with Crippen LogP contribution in [0.2, 0.25) is 5.02 Å². The highest BCUT2D eigenvalue weighted by Crippen LogP contribution is 2.29. The number of halogens is 1. The van der Waals surface area contributed by atoms with Crippen molar-refractivity contribution >= 4 is 23.1 Å². The Morgan fingerprint density at radius 1 is 1.61 bits per heavy atom. The lowest BCUT2D eigenvalue weighted by molar-refractivity contribution is 0.0727. The second-order valence-electron chi connectivity index (χ2n) is 4.15. The van der Waals surface area contributed by atoms with Crippen molar-refractivity contribution in [2.45, 2.75) is 6.04 Å². The molecule has 6 heteroatoms. The van der Waals surface area contributed by atoms with Gasteiger partial charge in [0.15, 0.2) is 0 Å². The van der Waals surface area contributed by atoms with Crippen LogP contribution >= 0.6 is 11.6 Å². The number of rotatable bonds is 3. The third-order valence-electron chi connectivity index (χ3n) is 3.01. The molecule has 98 valence electrons. The summed E-state index contributed by atoms with van der Waals surface area (Å²) in [5.41, 5.74) is 6.88. The van der Waals surface area contributed by atoms with Crippen LogP contribution < -0.4 is 10.6 Å². The number of nitrogen functional groups attached to an aromatic ring is 1. The third-order valence-corrected chi connectivity index (χ3v) is 3.32. The molecule has 0 spiro atoms. The van der Waals surface area contributed by atoms with Crippen LogP contribution in [-0.4, -0.2) is 43.3 Å². The van der Waals surface area contributed by atoms with Crippen molar-refractivity contribution in [1.82, 2.24) is 0 Å². The van der Waals surface area contributed by atoms with E-state index in [1.807, 2.05) is 17.0 Å². The maximum atomic E-state index is 9.38. The Hall–Kier alpha value is -1.30. The molecule has 2 rings (SSSR count). The minimum absolute atomic E-state index is 0.0101. The van der Waals surface area contributed by atoms with Crippen molar-refractivity contribution in [1.29, 1.82) is 5.41 Å². The summed E-state index contributed by atoms with van der Waals surface area (Å²) in [5.74, 6) is -0.0706. The summed E-state index contributed by atoms with van der Waals surface area (Å²) in [6.45, 7) is 1.68. The van der Waals surface area contributed by atoms with Gasteiger partial charge in [-0.25, -0.2) is 0 Å². The lowest BCUT2D eigenvalue weighted by Crippen LogP contribution is -2.48. The third kappa shape index (κ3) is 2.43. The van der Waals surface area contributed by atoms with E-state index < -0.39 is 0 Å². The minimum atomic E-state index is -0.129. The number of nitrogens with zero attached hydrogens (tertiary/aromatic N) is 1. The van der Waals surface area contributed by atoms with E-state index in [-0.39, 0.29) is 18.5 Å². The number of hydrogen-bond donors (Lipinski definition) is 3. The number of amidine groups is 1. The molecule has 0 radical (unpaired) electrons. The molecule has 1 unspecified atom stereocenters. The summed E-state index contributed by atoms with van der Waals surface area (Å²) in [6.07, 6.45) is 0. The molecule has 18 heavy (non-hydrogen) atoms. The largest absolute Gasteiger partial charge is 0.394 e. The van der Waals surface area contributed by atoms with Gasteiger partial charge in [0.25, 0.3) is 0 Å². The van der Waals surface area contributed by atoms with Gasteiger partial charge in [0.05, 0.1) is 36.4 Å². The number of anilines is 1. The van der Waals surface area contributed by atoms with Gasteiger partial charge in [-0.3, -0.25) is 5.41 Å². The van der Waals surface area contributed by atoms with Crippen LogP contribution in [0.25, 0.3) is 0 Å². The summed E-state index contributed by atoms with van der Waals surface area (Å²) in [5, 5.41) is 17.5. The predicted octanol–water partition coefficient (Wildman–Crippen LogP) is 0.822. The SMILES string of the molecule is N=C(N)c1c(Cl)cccc1N1CCOCC1CO. The van der Waals surface area contributed by atoms with Crippen molar-refractivity contribution in [3.63, 3.8) is 0 Å². The summed E-state index contributed by atoms with van der Waals surface area (Å²) < 4.78 is 5.34. The molecule has 1 aromatic rings. The lowest BCUT2D eigenvalue weighted by Gasteiger charge is -2.37. The van der Waals surface area contributed by atoms with E-state index in [1.54, 1.807) is 6.07 Å². The van der Waals surface area contributed by atoms with Gasteiger partial charge in [0.2, 0.25) is 0 Å². The van der Waals surface area contributed by atoms with E-state index in [1.165, 1.54) is 0 Å². The quantitative estimate of drug-likeness (QED) is 0.560. The first-order chi connectivity index (χ1) is 8.65. The molecule has 1 aromatic carbocycles. The molecule has 0 aromatic heterocycles. The highest BCUT2D eigenvalue weighted by Gasteiger charge is 2.25. The van der Waals surface area contributed by atoms with Crippen LogP contribution in [0.1, 0.15) is 5.56 Å². The molecule has 1 fully saturated rings. The van der Waals surface area contributed by atoms with Crippen molar-refractivity contribution in [2.24, 2.45) is 5.73 Å². The molecule has 1 heterocycles. The molecule has 0 bridgehead atoms. The van der Waals surface area contributed by atoms with E-state index in [9.17, 15) is 5.11 Å². The highest BCUT2D eigenvalue weighted by atomic mass is 35.5. The van der Waals surface area contributed by atoms with Gasteiger partial charge < -0.3 is 20.5 Å². The van der Waals surface area contributed by atoms with Crippen LogP contribution in [0.4, 0.5) is 5.69 Å². The average molecular weight is 270 g/mol. The monoisotopic (exact) mass is 269 g/mol. The number of aliphatic hydroxyl groups is 1. The number of aliphatic hydroxyl groups excluding tert-OH is 1. The fourth-order valence-corrected chi connectivity index (χ4v) is 2.41. The molecule has 1 saturated heterocycles. The van der Waals surface area contributed by atoms with Gasteiger partial charge >= 0.3 is 0 Å². The highest BCUT2D eigenvalue weighted by molar-refractivity contribution is 6.34. The Morgan fingerprint density at radius 3 is 3.06 bits per heavy atom. The molecule has 0 amide bonds. The Labute approximate surface area is 111 Å². The molecule has 0 aliphatic carbocycles. The van der Waals surface area contributed by atoms with Crippen molar-refractivity contribution in [3.05, 3.63) is 28.8 Å². The molecule has 1 aliphatic rings. The summed E-state index contributed by atoms with van der Waals surface area (Å²) >= 11 is 6.09. The van der Waals surface area contributed by atoms with Crippen LogP contribution in [0.5, 0.6) is 0 Å². The number of hydrogen-bond acceptors (Lipinski definition) is 4. The maximum absolute atomic E-state index is 9.38. The summed E-state index contributed by atoms with van der Waals surface area (Å²) in [4.78, 5) is 1.99. The summed E-state index contributed by atoms with van der Waals surface area (Å²) in [7, 11) is 0. The zero-order valence-corrected chi connectivity index (χ0v) is 10.7. The topological polar surface area (TPSA) is 82.6 Å². The van der Waals surface area contributed by atoms with E-state index >= 15 is 0 Å². The van der Waals surface area contributed by atoms with E-state index in [4.69, 9.17) is 27.5 Å². The van der Waals surface area contributed by atoms with Gasteiger partial charge in [-0.15, -0.1) is 0 Å². The lowest BCUT2D eigenvalue weighted by atomic mass is 10.1. The number of nitrogens with two attached hydrogens (primary N) is 1. The van der Waals surface area contributed by atoms with Gasteiger partial charge in [-0.05, 0) is 12.1 Å². The Kier molecular flexibility index (Phi) is 4.06. The molecule has 1 atom stereocenters. The number of morpholine rings is 1. The molecule has 5 nitrogen and oxygen atoms in total. The van der Waals surface area contributed by atoms with Gasteiger partial charge in [0, 0.05) is 12.2 Å². The Morgan fingerprint density at radius 2 is 2.39 bits per heavy atom. The number of nitrogens with one attached hydrogen (secondary N) is 1. The zero-order chi connectivity index (χ0) is 13.1. The number of benzene rings is 1. The molecular weight excluding hydrogens is 254 g/mol. The average Bonchev–Trinajstić information content (AvgIpc) is 2.38. The van der Waals surface area contributed by atoms with Gasteiger partial charge in [0.1, 0.15) is 5.84 Å². The fourth-order valence-electron chi connectivity index (χ4n) is 2.14. The molecule has 4 N–H and O–H groups in total. The second-order valence-corrected chi connectivity index (χ2v) is 4.56. The second kappa shape index (κ2) is 5.56. The first-order valence-corrected chi connectivity index (χ1v) is 6.11. The van der Waals surface area contributed by atoms with Crippen LogP contribution in [-0.2, 0) is 4.74 Å². The maximum Gasteiger partial charge on any atom is 0.126 e. The first kappa shape index (κ1) is 13.1. The zero-order valence-electron chi connectivity index (χ0n) is 9.90. The van der Waals surface area contributed by atoms with Gasteiger partial charge in [-0.1, -0.05) is 17.7 Å². The van der Waals surface area contributed by atoms with E-state index in [2.05, 4.69) is 0 Å². The molecule has 1 aliphatic heterocycles. The number of ether oxygens (including phenoxy) is 1. The van der Waals surface area contributed by atoms with Crippen molar-refractivity contribution in [2.75, 3.05) is 31.3 Å². The predicted molar refractivity (Wildman–Crippen MR) is 71.5 cm³/mol. The van der Waals surface area contributed by atoms with Crippen molar-refractivity contribution in [3.8, 4) is 0 Å². The molecule has 0 saturated carbocycles. The fraction of sp³-hybridized carbons (Fsp3) is 0.417. The molecular formula is C12H16ClN3O2. The van der Waals surface area contributed by atoms with E-state index in [0.29, 0.717) is 30.3 Å². The van der Waals surface area contributed by atoms with Crippen LogP contribution in [0.15, 0.2) is 18.2 Å². The standard InChI is InChI=1S/C12H16ClN3O2/c13-9-2-1-3-10(11(9)12(14)15)16-4-5-18-7-8(16)6-17/h1-3,8,17H,4-7H2,(H3,14,15). The smallest absolute Gasteiger partial charge is 0.126 e. The Balaban J connectivity index is 2.42. The van der Waals surface area contributed by atoms with Crippen molar-refractivity contribution < 1.29 is 9.84 Å². The van der Waals surface area contributed by atoms with Crippen LogP contribution in [0, 0.1) is 5.41 Å². The summed E-state index contributed by atoms with van der Waals surface area (Å²) in [6, 6.07) is 5.25.